The molecule has 1 radical (unpaired) electrons. The van der Waals surface area contributed by atoms with Crippen molar-refractivity contribution in [2.45, 2.75) is 0 Å². The van der Waals surface area contributed by atoms with Crippen molar-refractivity contribution in [1.29, 1.82) is 0 Å². The van der Waals surface area contributed by atoms with Crippen LogP contribution in [-0.2, 0) is 0 Å². The number of thiazole rings is 1. The number of rotatable bonds is 2. The van der Waals surface area contributed by atoms with Gasteiger partial charge in [-0.25, -0.2) is 9.97 Å². The first-order chi connectivity index (χ1) is 8.76. The summed E-state index contributed by atoms with van der Waals surface area (Å²) in [5.74, 6) is 0.488. The second-order valence-electron chi connectivity index (χ2n) is 3.75. The number of hydrogen-bond donors (Lipinski definition) is 1. The van der Waals surface area contributed by atoms with Gasteiger partial charge in [-0.15, -0.1) is 0 Å². The lowest BCUT2D eigenvalue weighted by atomic mass is 10.1. The second-order valence-corrected chi connectivity index (χ2v) is 4.81. The minimum Gasteiger partial charge on any atom is -0.481 e. The highest BCUT2D eigenvalue weighted by atomic mass is 32.1. The molecular weight excluding hydrogens is 246 g/mol. The molecule has 0 aliphatic heterocycles. The van der Waals surface area contributed by atoms with E-state index < -0.39 is 0 Å². The molecule has 18 heavy (non-hydrogen) atoms. The van der Waals surface area contributed by atoms with Gasteiger partial charge >= 0.3 is 0 Å². The van der Waals surface area contributed by atoms with Crippen LogP contribution in [0.3, 0.4) is 0 Å². The summed E-state index contributed by atoms with van der Waals surface area (Å²) in [7, 11) is 1.57. The zero-order chi connectivity index (χ0) is 12.5. The number of methoxy groups -OCH3 is 1. The Balaban J connectivity index is 2.06. The smallest absolute Gasteiger partial charge is 0.221 e. The monoisotopic (exact) mass is 256 g/mol. The van der Waals surface area contributed by atoms with Crippen LogP contribution < -0.4 is 10.5 Å². The van der Waals surface area contributed by atoms with E-state index in [1.54, 1.807) is 13.3 Å². The number of benzene rings is 1. The molecule has 89 valence electrons. The van der Waals surface area contributed by atoms with Crippen LogP contribution in [-0.4, -0.2) is 17.1 Å². The number of fused-ring (bicyclic) bond motifs is 1. The van der Waals surface area contributed by atoms with E-state index in [0.717, 1.165) is 21.3 Å². The molecule has 0 saturated carbocycles. The van der Waals surface area contributed by atoms with E-state index >= 15 is 0 Å². The molecule has 0 amide bonds. The fraction of sp³-hybridized carbons (Fsp3) is 0.0769. The number of nitrogen functional groups attached to an aromatic ring is 1. The molecule has 5 heteroatoms. The van der Waals surface area contributed by atoms with Crippen molar-refractivity contribution in [2.75, 3.05) is 12.8 Å². The topological polar surface area (TPSA) is 61.0 Å². The fourth-order valence-corrected chi connectivity index (χ4v) is 2.51. The molecule has 3 aromatic rings. The van der Waals surface area contributed by atoms with Crippen molar-refractivity contribution in [3.05, 3.63) is 36.5 Å². The molecular formula is C13H10N3OS. The lowest BCUT2D eigenvalue weighted by Crippen LogP contribution is -1.87. The predicted octanol–water partition coefficient (Wildman–Crippen LogP) is 2.75. The van der Waals surface area contributed by atoms with E-state index in [1.807, 2.05) is 18.2 Å². The fourth-order valence-electron chi connectivity index (χ4n) is 1.73. The number of pyridine rings is 1. The van der Waals surface area contributed by atoms with Crippen LogP contribution >= 0.6 is 11.3 Å². The van der Waals surface area contributed by atoms with E-state index in [4.69, 9.17) is 10.5 Å². The van der Waals surface area contributed by atoms with Crippen LogP contribution in [0.4, 0.5) is 5.13 Å². The van der Waals surface area contributed by atoms with Gasteiger partial charge in [-0.3, -0.25) is 0 Å². The van der Waals surface area contributed by atoms with Crippen molar-refractivity contribution in [1.82, 2.24) is 9.97 Å². The van der Waals surface area contributed by atoms with Crippen molar-refractivity contribution < 1.29 is 4.74 Å². The number of nitrogens with two attached hydrogens (primary N) is 1. The molecule has 2 aromatic heterocycles. The summed E-state index contributed by atoms with van der Waals surface area (Å²) in [5.41, 5.74) is 8.67. The molecule has 0 atom stereocenters. The van der Waals surface area contributed by atoms with E-state index in [-0.39, 0.29) is 0 Å². The summed E-state index contributed by atoms with van der Waals surface area (Å²) in [6.07, 6.45) is 1.76. The molecule has 0 spiro atoms. The van der Waals surface area contributed by atoms with Gasteiger partial charge in [0.05, 0.1) is 17.3 Å². The number of aromatic nitrogens is 2. The van der Waals surface area contributed by atoms with Crippen molar-refractivity contribution in [3.63, 3.8) is 0 Å². The lowest BCUT2D eigenvalue weighted by molar-refractivity contribution is 0.397. The highest BCUT2D eigenvalue weighted by molar-refractivity contribution is 7.22. The predicted molar refractivity (Wildman–Crippen MR) is 72.7 cm³/mol. The molecule has 0 fully saturated rings. The van der Waals surface area contributed by atoms with Gasteiger partial charge in [0.1, 0.15) is 0 Å². The quantitative estimate of drug-likeness (QED) is 0.765. The Bertz CT molecular complexity index is 691. The molecule has 2 heterocycles. The number of hydrogen-bond acceptors (Lipinski definition) is 5. The van der Waals surface area contributed by atoms with Gasteiger partial charge in [-0.1, -0.05) is 17.4 Å². The van der Waals surface area contributed by atoms with Gasteiger partial charge in [-0.05, 0) is 23.8 Å². The van der Waals surface area contributed by atoms with Gasteiger partial charge in [0, 0.05) is 17.8 Å². The van der Waals surface area contributed by atoms with Crippen molar-refractivity contribution in [3.8, 4) is 17.0 Å². The summed E-state index contributed by atoms with van der Waals surface area (Å²) in [5, 5.41) is 0.585. The van der Waals surface area contributed by atoms with E-state index in [9.17, 15) is 0 Å². The number of anilines is 1. The van der Waals surface area contributed by atoms with Crippen LogP contribution in [0.5, 0.6) is 5.88 Å². The summed E-state index contributed by atoms with van der Waals surface area (Å²) in [6.45, 7) is 0. The standard InChI is InChI=1S/C13H10N3OS/c1-17-12-5-3-9(7-15-12)8-2-4-10-11(6-8)18-13(14)16-10/h2-4,6-7H,1H3,(H2,14,16). The molecule has 1 aromatic carbocycles. The summed E-state index contributed by atoms with van der Waals surface area (Å²) in [4.78, 5) is 8.37. The van der Waals surface area contributed by atoms with E-state index in [1.165, 1.54) is 11.3 Å². The first-order valence-corrected chi connectivity index (χ1v) is 6.16. The molecule has 0 aliphatic carbocycles. The largest absolute Gasteiger partial charge is 0.481 e. The molecule has 3 rings (SSSR count). The second kappa shape index (κ2) is 4.27. The molecule has 0 aliphatic rings. The van der Waals surface area contributed by atoms with Gasteiger partial charge in [0.25, 0.3) is 0 Å². The van der Waals surface area contributed by atoms with Gasteiger partial charge in [0.15, 0.2) is 5.13 Å². The van der Waals surface area contributed by atoms with Gasteiger partial charge in [0.2, 0.25) is 5.88 Å². The average molecular weight is 256 g/mol. The Morgan fingerprint density at radius 1 is 1.33 bits per heavy atom. The van der Waals surface area contributed by atoms with Gasteiger partial charge < -0.3 is 10.5 Å². The maximum Gasteiger partial charge on any atom is 0.221 e. The first kappa shape index (κ1) is 11.0. The summed E-state index contributed by atoms with van der Waals surface area (Å²) in [6, 6.07) is 10.8. The maximum atomic E-state index is 5.69. The SMILES string of the molecule is COc1[c]cc(-c2ccc3nc(N)sc3c2)cn1. The number of nitrogens with zero attached hydrogens (tertiary/aromatic N) is 2. The Kier molecular flexibility index (Phi) is 2.60. The third-order valence-corrected chi connectivity index (χ3v) is 3.45. The Labute approximate surface area is 108 Å². The molecule has 0 saturated heterocycles. The lowest BCUT2D eigenvalue weighted by Gasteiger charge is -2.02. The maximum absolute atomic E-state index is 5.69. The van der Waals surface area contributed by atoms with Gasteiger partial charge in [-0.2, -0.15) is 0 Å². The third kappa shape index (κ3) is 1.89. The summed E-state index contributed by atoms with van der Waals surface area (Å²) >= 11 is 1.48. The van der Waals surface area contributed by atoms with Crippen LogP contribution in [0.25, 0.3) is 21.3 Å². The van der Waals surface area contributed by atoms with Crippen molar-refractivity contribution in [2.24, 2.45) is 0 Å². The molecule has 4 nitrogen and oxygen atoms in total. The van der Waals surface area contributed by atoms with E-state index in [2.05, 4.69) is 22.1 Å². The zero-order valence-corrected chi connectivity index (χ0v) is 10.5. The Hall–Kier alpha value is -2.14. The molecule has 2 N–H and O–H groups in total. The highest BCUT2D eigenvalue weighted by Gasteiger charge is 2.04. The summed E-state index contributed by atoms with van der Waals surface area (Å²) < 4.78 is 6.06. The third-order valence-electron chi connectivity index (χ3n) is 2.60. The first-order valence-electron chi connectivity index (χ1n) is 5.34. The molecule has 0 bridgehead atoms. The van der Waals surface area contributed by atoms with Crippen LogP contribution in [0.2, 0.25) is 0 Å². The molecule has 0 unspecified atom stereocenters. The van der Waals surface area contributed by atoms with E-state index in [0.29, 0.717) is 11.0 Å². The average Bonchev–Trinajstić information content (AvgIpc) is 2.78. The van der Waals surface area contributed by atoms with Crippen LogP contribution in [0.15, 0.2) is 30.5 Å². The van der Waals surface area contributed by atoms with Crippen LogP contribution in [0.1, 0.15) is 0 Å². The normalized spacial score (nSPS) is 10.7. The number of ether oxygens (including phenoxy) is 1. The zero-order valence-electron chi connectivity index (χ0n) is 9.68. The Morgan fingerprint density at radius 3 is 2.94 bits per heavy atom. The minimum absolute atomic E-state index is 0.488. The van der Waals surface area contributed by atoms with Crippen molar-refractivity contribution >= 4 is 26.7 Å². The van der Waals surface area contributed by atoms with Crippen LogP contribution in [0, 0.1) is 6.07 Å². The Morgan fingerprint density at radius 2 is 2.22 bits per heavy atom. The highest BCUT2D eigenvalue weighted by Crippen LogP contribution is 2.29. The minimum atomic E-state index is 0.488.